The van der Waals surface area contributed by atoms with Gasteiger partial charge in [0.1, 0.15) is 12.4 Å². The van der Waals surface area contributed by atoms with Crippen molar-refractivity contribution in [3.8, 4) is 0 Å². The number of amides is 2. The van der Waals surface area contributed by atoms with Crippen LogP contribution in [0.15, 0.2) is 41.3 Å². The summed E-state index contributed by atoms with van der Waals surface area (Å²) in [6.07, 6.45) is 6.94. The summed E-state index contributed by atoms with van der Waals surface area (Å²) in [5.41, 5.74) is 3.29. The molecular weight excluding hydrogens is 486 g/mol. The lowest BCUT2D eigenvalue weighted by molar-refractivity contribution is -0.122. The van der Waals surface area contributed by atoms with E-state index in [4.69, 9.17) is 9.72 Å². The highest BCUT2D eigenvalue weighted by molar-refractivity contribution is 5.95. The minimum absolute atomic E-state index is 0.0798. The predicted molar refractivity (Wildman–Crippen MR) is 143 cm³/mol. The van der Waals surface area contributed by atoms with Gasteiger partial charge in [-0.15, -0.1) is 0 Å². The lowest BCUT2D eigenvalue weighted by Crippen LogP contribution is -2.40. The summed E-state index contributed by atoms with van der Waals surface area (Å²) in [7, 11) is 1.38. The smallest absolute Gasteiger partial charge is 0.414 e. The second kappa shape index (κ2) is 11.4. The number of fused-ring (bicyclic) bond motifs is 3. The van der Waals surface area contributed by atoms with Gasteiger partial charge in [0.25, 0.3) is 5.56 Å². The molecule has 1 aromatic carbocycles. The topological polar surface area (TPSA) is 119 Å². The molecule has 0 saturated heterocycles. The number of hydrogen-bond acceptors (Lipinski definition) is 6. The predicted octanol–water partition coefficient (Wildman–Crippen LogP) is 2.63. The summed E-state index contributed by atoms with van der Waals surface area (Å²) in [4.78, 5) is 44.4. The first-order chi connectivity index (χ1) is 18.5. The van der Waals surface area contributed by atoms with E-state index in [1.165, 1.54) is 13.2 Å². The van der Waals surface area contributed by atoms with Crippen LogP contribution in [0.25, 0.3) is 11.0 Å². The molecular formula is C28H35N5O5. The van der Waals surface area contributed by atoms with Gasteiger partial charge >= 0.3 is 6.09 Å². The lowest BCUT2D eigenvalue weighted by atomic mass is 9.86. The number of rotatable bonds is 7. The van der Waals surface area contributed by atoms with Gasteiger partial charge in [-0.3, -0.25) is 14.5 Å². The molecule has 0 unspecified atom stereocenters. The number of nitrogens with zero attached hydrogens (tertiary/aromatic N) is 4. The Bertz CT molecular complexity index is 1370. The van der Waals surface area contributed by atoms with E-state index in [-0.39, 0.29) is 30.7 Å². The maximum Gasteiger partial charge on any atom is 0.414 e. The summed E-state index contributed by atoms with van der Waals surface area (Å²) in [5.74, 6) is 0.965. The number of aliphatic hydroxyl groups is 1. The van der Waals surface area contributed by atoms with E-state index in [0.717, 1.165) is 66.6 Å². The first kappa shape index (κ1) is 26.0. The maximum absolute atomic E-state index is 13.2. The van der Waals surface area contributed by atoms with Crippen LogP contribution in [-0.4, -0.2) is 57.5 Å². The Morgan fingerprint density at radius 2 is 1.97 bits per heavy atom. The van der Waals surface area contributed by atoms with Crippen LogP contribution in [0, 0.1) is 5.92 Å². The van der Waals surface area contributed by atoms with Crippen molar-refractivity contribution in [2.24, 2.45) is 5.92 Å². The number of aromatic nitrogens is 3. The van der Waals surface area contributed by atoms with Crippen molar-refractivity contribution in [1.82, 2.24) is 19.4 Å². The van der Waals surface area contributed by atoms with Crippen LogP contribution in [0.1, 0.15) is 43.5 Å². The van der Waals surface area contributed by atoms with E-state index >= 15 is 0 Å². The van der Waals surface area contributed by atoms with Crippen molar-refractivity contribution < 1.29 is 19.4 Å². The highest BCUT2D eigenvalue weighted by Gasteiger charge is 2.28. The molecule has 2 aromatic heterocycles. The third kappa shape index (κ3) is 5.31. The first-order valence-corrected chi connectivity index (χ1v) is 13.4. The number of anilines is 1. The van der Waals surface area contributed by atoms with Crippen LogP contribution < -0.4 is 15.8 Å². The second-order valence-electron chi connectivity index (χ2n) is 10.2. The van der Waals surface area contributed by atoms with Crippen LogP contribution in [0.2, 0.25) is 0 Å². The second-order valence-corrected chi connectivity index (χ2v) is 10.2. The van der Waals surface area contributed by atoms with Gasteiger partial charge < -0.3 is 24.3 Å². The number of aliphatic hydroxyl groups excluding tert-OH is 1. The normalized spacial score (nSPS) is 19.3. The Balaban J connectivity index is 1.45. The van der Waals surface area contributed by atoms with Gasteiger partial charge in [-0.05, 0) is 62.6 Å². The third-order valence-corrected chi connectivity index (χ3v) is 7.82. The first-order valence-electron chi connectivity index (χ1n) is 13.4. The number of imidazole rings is 1. The number of carbonyl (C=O) groups excluding carboxylic acids is 2. The summed E-state index contributed by atoms with van der Waals surface area (Å²) < 4.78 is 8.56. The zero-order valence-electron chi connectivity index (χ0n) is 21.8. The van der Waals surface area contributed by atoms with Crippen molar-refractivity contribution >= 4 is 28.7 Å². The van der Waals surface area contributed by atoms with E-state index in [1.54, 1.807) is 21.7 Å². The van der Waals surface area contributed by atoms with Gasteiger partial charge in [-0.25, -0.2) is 9.78 Å². The minimum Gasteiger partial charge on any atom is -0.452 e. The van der Waals surface area contributed by atoms with Gasteiger partial charge in [-0.2, -0.15) is 0 Å². The van der Waals surface area contributed by atoms with Crippen LogP contribution in [0.3, 0.4) is 0 Å². The molecule has 1 aliphatic carbocycles. The van der Waals surface area contributed by atoms with Gasteiger partial charge in [-0.1, -0.05) is 6.07 Å². The van der Waals surface area contributed by atoms with E-state index < -0.39 is 6.09 Å². The van der Waals surface area contributed by atoms with Crippen molar-refractivity contribution in [3.05, 3.63) is 58.3 Å². The van der Waals surface area contributed by atoms with E-state index in [9.17, 15) is 19.5 Å². The Labute approximate surface area is 221 Å². The Morgan fingerprint density at radius 1 is 1.16 bits per heavy atom. The van der Waals surface area contributed by atoms with Gasteiger partial charge in [0, 0.05) is 50.0 Å². The van der Waals surface area contributed by atoms with E-state index in [0.29, 0.717) is 25.4 Å². The average molecular weight is 522 g/mol. The molecule has 2 aliphatic rings. The summed E-state index contributed by atoms with van der Waals surface area (Å²) in [6, 6.07) is 8.99. The van der Waals surface area contributed by atoms with E-state index in [1.807, 2.05) is 22.8 Å². The van der Waals surface area contributed by atoms with Crippen molar-refractivity contribution in [2.45, 2.75) is 64.1 Å². The SMILES string of the molecule is COC(=O)N1CCCc2c1ccc1c2nc(CCn2ccccc2=O)n1CC(=O)N[C@H]1CC[C@H](CO)CC1. The molecule has 2 N–H and O–H groups in total. The molecule has 3 heterocycles. The number of methoxy groups -OCH3 is 1. The van der Waals surface area contributed by atoms with Gasteiger partial charge in [0.05, 0.1) is 23.8 Å². The molecule has 1 saturated carbocycles. The van der Waals surface area contributed by atoms with Crippen molar-refractivity contribution in [2.75, 3.05) is 25.2 Å². The molecule has 202 valence electrons. The number of ether oxygens (including phenoxy) is 1. The van der Waals surface area contributed by atoms with Gasteiger partial charge in [0.15, 0.2) is 0 Å². The Hall–Kier alpha value is -3.66. The molecule has 0 spiro atoms. The Morgan fingerprint density at radius 3 is 2.71 bits per heavy atom. The molecule has 5 rings (SSSR count). The molecule has 2 amide bonds. The Kier molecular flexibility index (Phi) is 7.78. The average Bonchev–Trinajstić information content (AvgIpc) is 3.29. The number of pyridine rings is 1. The quantitative estimate of drug-likeness (QED) is 0.494. The molecule has 1 fully saturated rings. The molecule has 10 heteroatoms. The van der Waals surface area contributed by atoms with Crippen LogP contribution in [-0.2, 0) is 35.5 Å². The molecule has 1 aliphatic heterocycles. The number of aryl methyl sites for hydroxylation is 3. The standard InChI is InChI=1S/C28H35N5O5/c1-38-28(37)32-15-4-5-21-22(32)11-12-23-27(21)30-24(13-16-31-14-3-2-6-26(31)36)33(23)17-25(35)29-20-9-7-19(18-34)8-10-20/h2-3,6,11-12,14,19-20,34H,4-5,7-10,13,15-18H2,1H3,(H,29,35)/t19-,20-. The lowest BCUT2D eigenvalue weighted by Gasteiger charge is -2.28. The molecule has 0 bridgehead atoms. The third-order valence-electron chi connectivity index (χ3n) is 7.82. The number of nitrogens with one attached hydrogen (secondary N) is 1. The molecule has 0 radical (unpaired) electrons. The van der Waals surface area contributed by atoms with E-state index in [2.05, 4.69) is 5.32 Å². The highest BCUT2D eigenvalue weighted by atomic mass is 16.5. The fourth-order valence-corrected chi connectivity index (χ4v) is 5.76. The number of benzene rings is 1. The zero-order valence-corrected chi connectivity index (χ0v) is 21.8. The van der Waals surface area contributed by atoms with Crippen LogP contribution in [0.4, 0.5) is 10.5 Å². The number of hydrogen-bond donors (Lipinski definition) is 2. The van der Waals surface area contributed by atoms with Gasteiger partial charge in [0.2, 0.25) is 5.91 Å². The van der Waals surface area contributed by atoms with Crippen LogP contribution >= 0.6 is 0 Å². The summed E-state index contributed by atoms with van der Waals surface area (Å²) >= 11 is 0. The summed E-state index contributed by atoms with van der Waals surface area (Å²) in [6.45, 7) is 1.34. The van der Waals surface area contributed by atoms with Crippen LogP contribution in [0.5, 0.6) is 0 Å². The number of carbonyl (C=O) groups is 2. The zero-order chi connectivity index (χ0) is 26.6. The molecule has 0 atom stereocenters. The molecule has 38 heavy (non-hydrogen) atoms. The van der Waals surface area contributed by atoms with Crippen molar-refractivity contribution in [3.63, 3.8) is 0 Å². The fourth-order valence-electron chi connectivity index (χ4n) is 5.76. The van der Waals surface area contributed by atoms with Crippen molar-refractivity contribution in [1.29, 1.82) is 0 Å². The maximum atomic E-state index is 13.2. The molecule has 10 nitrogen and oxygen atoms in total. The monoisotopic (exact) mass is 521 g/mol. The summed E-state index contributed by atoms with van der Waals surface area (Å²) in [5, 5.41) is 12.6. The largest absolute Gasteiger partial charge is 0.452 e. The fraction of sp³-hybridized carbons (Fsp3) is 0.500. The minimum atomic E-state index is -0.399. The highest BCUT2D eigenvalue weighted by Crippen LogP contribution is 2.34. The molecule has 3 aromatic rings.